The Labute approximate surface area is 142 Å². The van der Waals surface area contributed by atoms with E-state index >= 15 is 0 Å². The van der Waals surface area contributed by atoms with Crippen LogP contribution in [-0.2, 0) is 11.3 Å². The maximum atomic E-state index is 12.2. The lowest BCUT2D eigenvalue weighted by atomic mass is 10.1. The monoisotopic (exact) mass is 353 g/mol. The van der Waals surface area contributed by atoms with Gasteiger partial charge in [-0.25, -0.2) is 9.89 Å². The third-order valence-corrected chi connectivity index (χ3v) is 4.86. The summed E-state index contributed by atoms with van der Waals surface area (Å²) < 4.78 is 7.09. The molecule has 0 spiro atoms. The minimum absolute atomic E-state index is 0.0363. The normalized spacial score (nSPS) is 17.5. The summed E-state index contributed by atoms with van der Waals surface area (Å²) >= 11 is 7.05. The molecule has 0 radical (unpaired) electrons. The standard InChI is InChI=1S/C15H16ClN3O3S/c16-11-5-3-10(4-6-11)13(20)9-23-15-18-17-14(21)19(15)8-12-2-1-7-22-12/h3-6,12H,1-2,7-9H2,(H,17,21)/t12-/m0/s1. The molecule has 122 valence electrons. The lowest BCUT2D eigenvalue weighted by molar-refractivity contribution is 0.0941. The van der Waals surface area contributed by atoms with Gasteiger partial charge in [0.05, 0.1) is 18.4 Å². The molecule has 8 heteroatoms. The number of thioether (sulfide) groups is 1. The van der Waals surface area contributed by atoms with Crippen LogP contribution in [0.4, 0.5) is 0 Å². The molecule has 1 saturated heterocycles. The van der Waals surface area contributed by atoms with Crippen LogP contribution in [0.2, 0.25) is 5.02 Å². The number of carbonyl (C=O) groups excluding carboxylic acids is 1. The predicted octanol–water partition coefficient (Wildman–Crippen LogP) is 2.38. The first-order chi connectivity index (χ1) is 11.1. The summed E-state index contributed by atoms with van der Waals surface area (Å²) in [6, 6.07) is 6.74. The number of ketones is 1. The summed E-state index contributed by atoms with van der Waals surface area (Å²) in [6.07, 6.45) is 1.98. The third kappa shape index (κ3) is 4.04. The third-order valence-electron chi connectivity index (χ3n) is 3.63. The number of carbonyl (C=O) groups is 1. The van der Waals surface area contributed by atoms with Gasteiger partial charge in [-0.05, 0) is 37.1 Å². The Bertz CT molecular complexity index is 735. The van der Waals surface area contributed by atoms with Gasteiger partial charge < -0.3 is 4.74 Å². The second-order valence-electron chi connectivity index (χ2n) is 5.28. The van der Waals surface area contributed by atoms with Crippen molar-refractivity contribution in [3.8, 4) is 0 Å². The van der Waals surface area contributed by atoms with Crippen molar-refractivity contribution in [3.63, 3.8) is 0 Å². The molecular formula is C15H16ClN3O3S. The number of rotatable bonds is 6. The molecule has 1 aliphatic rings. The first-order valence-corrected chi connectivity index (χ1v) is 8.68. The zero-order chi connectivity index (χ0) is 16.2. The van der Waals surface area contributed by atoms with Gasteiger partial charge in [-0.3, -0.25) is 9.36 Å². The Balaban J connectivity index is 1.64. The molecule has 1 aromatic carbocycles. The van der Waals surface area contributed by atoms with Crippen molar-refractivity contribution in [1.29, 1.82) is 0 Å². The molecule has 2 aromatic rings. The Morgan fingerprint density at radius 3 is 2.91 bits per heavy atom. The number of aromatic amines is 1. The molecule has 3 rings (SSSR count). The van der Waals surface area contributed by atoms with Gasteiger partial charge in [0.2, 0.25) is 0 Å². The van der Waals surface area contributed by atoms with Gasteiger partial charge >= 0.3 is 5.69 Å². The fourth-order valence-electron chi connectivity index (χ4n) is 2.42. The van der Waals surface area contributed by atoms with Crippen LogP contribution in [0.1, 0.15) is 23.2 Å². The van der Waals surface area contributed by atoms with E-state index in [1.165, 1.54) is 16.3 Å². The SMILES string of the molecule is O=C(CSc1n[nH]c(=O)n1C[C@@H]1CCCO1)c1ccc(Cl)cc1. The van der Waals surface area contributed by atoms with Crippen LogP contribution in [0.3, 0.4) is 0 Å². The van der Waals surface area contributed by atoms with E-state index in [2.05, 4.69) is 10.2 Å². The zero-order valence-corrected chi connectivity index (χ0v) is 13.9. The lowest BCUT2D eigenvalue weighted by Crippen LogP contribution is -2.25. The Morgan fingerprint density at radius 2 is 2.22 bits per heavy atom. The number of hydrogen-bond donors (Lipinski definition) is 1. The van der Waals surface area contributed by atoms with Gasteiger partial charge in [0.25, 0.3) is 0 Å². The predicted molar refractivity (Wildman–Crippen MR) is 88.3 cm³/mol. The van der Waals surface area contributed by atoms with Crippen LogP contribution in [0, 0.1) is 0 Å². The fourth-order valence-corrected chi connectivity index (χ4v) is 3.39. The quantitative estimate of drug-likeness (QED) is 0.637. The number of aromatic nitrogens is 3. The van der Waals surface area contributed by atoms with Crippen molar-refractivity contribution in [2.75, 3.05) is 12.4 Å². The van der Waals surface area contributed by atoms with Crippen molar-refractivity contribution in [2.45, 2.75) is 30.6 Å². The molecule has 1 aliphatic heterocycles. The summed E-state index contributed by atoms with van der Waals surface area (Å²) in [6.45, 7) is 1.20. The molecule has 0 aliphatic carbocycles. The number of ether oxygens (including phenoxy) is 1. The minimum Gasteiger partial charge on any atom is -0.376 e. The van der Waals surface area contributed by atoms with Crippen molar-refractivity contribution < 1.29 is 9.53 Å². The minimum atomic E-state index is -0.276. The Kier molecular flexibility index (Phi) is 5.20. The summed E-state index contributed by atoms with van der Waals surface area (Å²) in [5.74, 6) is 0.169. The summed E-state index contributed by atoms with van der Waals surface area (Å²) in [4.78, 5) is 24.0. The largest absolute Gasteiger partial charge is 0.376 e. The highest BCUT2D eigenvalue weighted by Gasteiger charge is 2.20. The summed E-state index contributed by atoms with van der Waals surface area (Å²) in [5.41, 5.74) is 0.312. The molecule has 0 saturated carbocycles. The highest BCUT2D eigenvalue weighted by Crippen LogP contribution is 2.19. The lowest BCUT2D eigenvalue weighted by Gasteiger charge is -2.10. The maximum Gasteiger partial charge on any atom is 0.344 e. The number of hydrogen-bond acceptors (Lipinski definition) is 5. The fraction of sp³-hybridized carbons (Fsp3) is 0.400. The van der Waals surface area contributed by atoms with Crippen LogP contribution < -0.4 is 5.69 Å². The van der Waals surface area contributed by atoms with E-state index < -0.39 is 0 Å². The number of halogens is 1. The average Bonchev–Trinajstić information content (AvgIpc) is 3.18. The molecule has 1 fully saturated rings. The summed E-state index contributed by atoms with van der Waals surface area (Å²) in [5, 5.41) is 7.53. The van der Waals surface area contributed by atoms with E-state index in [-0.39, 0.29) is 23.3 Å². The van der Waals surface area contributed by atoms with E-state index in [4.69, 9.17) is 16.3 Å². The maximum absolute atomic E-state index is 12.2. The molecule has 23 heavy (non-hydrogen) atoms. The van der Waals surface area contributed by atoms with Gasteiger partial charge in [0.15, 0.2) is 10.9 Å². The first-order valence-electron chi connectivity index (χ1n) is 7.32. The molecular weight excluding hydrogens is 338 g/mol. The molecule has 6 nitrogen and oxygen atoms in total. The Hall–Kier alpha value is -1.57. The van der Waals surface area contributed by atoms with E-state index in [9.17, 15) is 9.59 Å². The highest BCUT2D eigenvalue weighted by molar-refractivity contribution is 7.99. The second kappa shape index (κ2) is 7.33. The van der Waals surface area contributed by atoms with Gasteiger partial charge in [0, 0.05) is 17.2 Å². The van der Waals surface area contributed by atoms with Crippen molar-refractivity contribution in [2.24, 2.45) is 0 Å². The van der Waals surface area contributed by atoms with Crippen LogP contribution >= 0.6 is 23.4 Å². The van der Waals surface area contributed by atoms with E-state index in [1.54, 1.807) is 24.3 Å². The number of Topliss-reactive ketones (excluding diaryl/α,β-unsaturated/α-hetero) is 1. The highest BCUT2D eigenvalue weighted by atomic mass is 35.5. The second-order valence-corrected chi connectivity index (χ2v) is 6.65. The van der Waals surface area contributed by atoms with Crippen LogP contribution in [0.25, 0.3) is 0 Å². The zero-order valence-electron chi connectivity index (χ0n) is 12.3. The van der Waals surface area contributed by atoms with Gasteiger partial charge in [-0.15, -0.1) is 5.10 Å². The average molecular weight is 354 g/mol. The van der Waals surface area contributed by atoms with E-state index in [0.29, 0.717) is 22.3 Å². The molecule has 0 unspecified atom stereocenters. The molecule has 1 aromatic heterocycles. The summed E-state index contributed by atoms with van der Waals surface area (Å²) in [7, 11) is 0. The van der Waals surface area contributed by atoms with Crippen molar-refractivity contribution in [3.05, 3.63) is 45.3 Å². The van der Waals surface area contributed by atoms with Crippen molar-refractivity contribution in [1.82, 2.24) is 14.8 Å². The number of benzene rings is 1. The molecule has 0 bridgehead atoms. The number of nitrogens with one attached hydrogen (secondary N) is 1. The first kappa shape index (κ1) is 16.3. The van der Waals surface area contributed by atoms with E-state index in [1.807, 2.05) is 0 Å². The van der Waals surface area contributed by atoms with Gasteiger partial charge in [0.1, 0.15) is 0 Å². The van der Waals surface area contributed by atoms with E-state index in [0.717, 1.165) is 19.4 Å². The van der Waals surface area contributed by atoms with Crippen molar-refractivity contribution >= 4 is 29.1 Å². The molecule has 1 N–H and O–H groups in total. The van der Waals surface area contributed by atoms with Crippen LogP contribution in [0.5, 0.6) is 0 Å². The molecule has 0 amide bonds. The van der Waals surface area contributed by atoms with Gasteiger partial charge in [-0.2, -0.15) is 0 Å². The van der Waals surface area contributed by atoms with Crippen LogP contribution in [-0.4, -0.2) is 39.0 Å². The molecule has 1 atom stereocenters. The van der Waals surface area contributed by atoms with Crippen LogP contribution in [0.15, 0.2) is 34.2 Å². The number of nitrogens with zero attached hydrogens (tertiary/aromatic N) is 2. The Morgan fingerprint density at radius 1 is 1.43 bits per heavy atom. The molecule has 2 heterocycles. The number of H-pyrrole nitrogens is 1. The topological polar surface area (TPSA) is 77.0 Å². The smallest absolute Gasteiger partial charge is 0.344 e. The van der Waals surface area contributed by atoms with Gasteiger partial charge in [-0.1, -0.05) is 23.4 Å².